The fourth-order valence-corrected chi connectivity index (χ4v) is 4.57. The summed E-state index contributed by atoms with van der Waals surface area (Å²) in [5.41, 5.74) is 1.38. The first-order valence-electron chi connectivity index (χ1n) is 11.7. The molecule has 0 saturated carbocycles. The van der Waals surface area contributed by atoms with E-state index < -0.39 is 5.92 Å². The molecule has 0 spiro atoms. The normalized spacial score (nSPS) is 20.7. The molecule has 2 aromatic rings. The van der Waals surface area contributed by atoms with Gasteiger partial charge in [0.05, 0.1) is 25.0 Å². The highest BCUT2D eigenvalue weighted by Crippen LogP contribution is 2.37. The van der Waals surface area contributed by atoms with Crippen LogP contribution in [0.25, 0.3) is 0 Å². The van der Waals surface area contributed by atoms with Gasteiger partial charge in [-0.2, -0.15) is 0 Å². The van der Waals surface area contributed by atoms with Crippen molar-refractivity contribution < 1.29 is 19.1 Å². The van der Waals surface area contributed by atoms with Crippen LogP contribution in [0.1, 0.15) is 37.2 Å². The molecule has 0 aliphatic carbocycles. The largest absolute Gasteiger partial charge is 0.493 e. The van der Waals surface area contributed by atoms with Crippen LogP contribution in [-0.4, -0.2) is 72.8 Å². The Morgan fingerprint density at radius 3 is 2.71 bits per heavy atom. The number of rotatable bonds is 1. The van der Waals surface area contributed by atoms with Crippen molar-refractivity contribution in [3.05, 3.63) is 30.1 Å². The summed E-state index contributed by atoms with van der Waals surface area (Å²) in [6, 6.07) is 5.44. The standard InChI is InChI=1S/C24H28N6O4/c1-33-18-7-6-16-13-19(18)34-12-4-2-3-5-20(31)29-8-10-30(11-9-29)23-21-17(14-25-16)24(32)28-22(21)26-15-27-23/h6-7,13-15,17H,2-5,8-12H2,1H3,(H,26,27,28,32). The lowest BCUT2D eigenvalue weighted by Gasteiger charge is -2.36. The van der Waals surface area contributed by atoms with Gasteiger partial charge >= 0.3 is 0 Å². The number of methoxy groups -OCH3 is 1. The molecule has 6 rings (SSSR count). The van der Waals surface area contributed by atoms with Crippen molar-refractivity contribution in [2.75, 3.05) is 50.1 Å². The van der Waals surface area contributed by atoms with E-state index in [1.165, 1.54) is 6.33 Å². The van der Waals surface area contributed by atoms with Crippen LogP contribution in [0.15, 0.2) is 29.5 Å². The summed E-state index contributed by atoms with van der Waals surface area (Å²) in [7, 11) is 1.60. The number of anilines is 2. The number of carbonyl (C=O) groups excluding carboxylic acids is 2. The zero-order valence-electron chi connectivity index (χ0n) is 19.2. The maximum Gasteiger partial charge on any atom is 0.238 e. The second-order valence-electron chi connectivity index (χ2n) is 8.57. The first-order chi connectivity index (χ1) is 16.6. The quantitative estimate of drug-likeness (QED) is 0.691. The Balaban J connectivity index is 1.49. The number of nitrogens with one attached hydrogen (secondary N) is 1. The maximum atomic E-state index is 12.8. The average molecular weight is 465 g/mol. The number of hydrogen-bond acceptors (Lipinski definition) is 8. The average Bonchev–Trinajstić information content (AvgIpc) is 3.19. The molecule has 1 N–H and O–H groups in total. The monoisotopic (exact) mass is 464 g/mol. The highest BCUT2D eigenvalue weighted by molar-refractivity contribution is 6.13. The number of ether oxygens (including phenoxy) is 2. The highest BCUT2D eigenvalue weighted by Gasteiger charge is 2.36. The molecule has 0 radical (unpaired) electrons. The van der Waals surface area contributed by atoms with Gasteiger partial charge in [0, 0.05) is 44.9 Å². The number of benzene rings is 1. The van der Waals surface area contributed by atoms with Gasteiger partial charge in [-0.1, -0.05) is 0 Å². The van der Waals surface area contributed by atoms with Crippen LogP contribution in [0.3, 0.4) is 0 Å². The van der Waals surface area contributed by atoms with Crippen molar-refractivity contribution in [2.45, 2.75) is 31.6 Å². The number of aromatic nitrogens is 2. The van der Waals surface area contributed by atoms with Gasteiger partial charge in [0.2, 0.25) is 11.8 Å². The summed E-state index contributed by atoms with van der Waals surface area (Å²) in [4.78, 5) is 42.9. The Labute approximate surface area is 198 Å². The van der Waals surface area contributed by atoms with Gasteiger partial charge in [0.15, 0.2) is 11.5 Å². The molecule has 4 bridgehead atoms. The summed E-state index contributed by atoms with van der Waals surface area (Å²) in [5, 5.41) is 2.85. The number of nitrogens with zero attached hydrogens (tertiary/aromatic N) is 5. The van der Waals surface area contributed by atoms with E-state index >= 15 is 0 Å². The summed E-state index contributed by atoms with van der Waals surface area (Å²) in [5.74, 6) is 1.82. The number of fused-ring (bicyclic) bond motifs is 8. The summed E-state index contributed by atoms with van der Waals surface area (Å²) < 4.78 is 11.4. The molecule has 10 nitrogen and oxygen atoms in total. The Hall–Kier alpha value is -3.69. The summed E-state index contributed by atoms with van der Waals surface area (Å²) in [6.45, 7) is 3.10. The van der Waals surface area contributed by atoms with Gasteiger partial charge in [0.1, 0.15) is 23.9 Å². The predicted octanol–water partition coefficient (Wildman–Crippen LogP) is 2.52. The van der Waals surface area contributed by atoms with Gasteiger partial charge in [-0.3, -0.25) is 14.6 Å². The molecule has 10 heteroatoms. The van der Waals surface area contributed by atoms with E-state index in [-0.39, 0.29) is 11.8 Å². The lowest BCUT2D eigenvalue weighted by atomic mass is 10.0. The van der Waals surface area contributed by atoms with Gasteiger partial charge in [-0.15, -0.1) is 0 Å². The van der Waals surface area contributed by atoms with Crippen LogP contribution >= 0.6 is 0 Å². The van der Waals surface area contributed by atoms with Gasteiger partial charge in [-0.25, -0.2) is 9.97 Å². The van der Waals surface area contributed by atoms with E-state index in [0.717, 1.165) is 24.8 Å². The van der Waals surface area contributed by atoms with Crippen molar-refractivity contribution in [1.29, 1.82) is 0 Å². The van der Waals surface area contributed by atoms with Gasteiger partial charge in [-0.05, 0) is 31.4 Å². The van der Waals surface area contributed by atoms with Crippen LogP contribution in [0, 0.1) is 0 Å². The Morgan fingerprint density at radius 2 is 1.88 bits per heavy atom. The molecular formula is C24H28N6O4. The first kappa shape index (κ1) is 22.1. The minimum Gasteiger partial charge on any atom is -0.493 e. The zero-order valence-corrected chi connectivity index (χ0v) is 19.2. The first-order valence-corrected chi connectivity index (χ1v) is 11.7. The third-order valence-corrected chi connectivity index (χ3v) is 6.44. The molecule has 2 amide bonds. The highest BCUT2D eigenvalue weighted by atomic mass is 16.5. The minimum atomic E-state index is -0.612. The Morgan fingerprint density at radius 1 is 1.06 bits per heavy atom. The molecule has 1 fully saturated rings. The van der Waals surface area contributed by atoms with Crippen molar-refractivity contribution in [3.8, 4) is 11.5 Å². The van der Waals surface area contributed by atoms with Crippen molar-refractivity contribution in [2.24, 2.45) is 4.99 Å². The molecule has 34 heavy (non-hydrogen) atoms. The maximum absolute atomic E-state index is 12.8. The van der Waals surface area contributed by atoms with E-state index in [4.69, 9.17) is 9.47 Å². The van der Waals surface area contributed by atoms with Crippen LogP contribution in [0.2, 0.25) is 0 Å². The summed E-state index contributed by atoms with van der Waals surface area (Å²) in [6.07, 6.45) is 6.23. The third kappa shape index (κ3) is 4.40. The molecule has 4 aliphatic heterocycles. The predicted molar refractivity (Wildman–Crippen MR) is 127 cm³/mol. The SMILES string of the molecule is COc1ccc2cc1OCCCCCC(=O)N1CCN(CC1)c1ncnc3c1C(C=N2)C(=O)N3. The molecule has 178 valence electrons. The number of piperazine rings is 1. The second-order valence-corrected chi connectivity index (χ2v) is 8.57. The van der Waals surface area contributed by atoms with Gasteiger partial charge < -0.3 is 24.6 Å². The fourth-order valence-electron chi connectivity index (χ4n) is 4.57. The molecule has 4 aliphatic rings. The van der Waals surface area contributed by atoms with Crippen molar-refractivity contribution in [3.63, 3.8) is 0 Å². The smallest absolute Gasteiger partial charge is 0.238 e. The van der Waals surface area contributed by atoms with E-state index in [0.29, 0.717) is 68.0 Å². The topological polar surface area (TPSA) is 109 Å². The minimum absolute atomic E-state index is 0.183. The van der Waals surface area contributed by atoms with Crippen molar-refractivity contribution >= 4 is 35.4 Å². The zero-order chi connectivity index (χ0) is 23.5. The molecule has 5 heterocycles. The fraction of sp³-hybridized carbons (Fsp3) is 0.458. The number of hydrogen-bond donors (Lipinski definition) is 1. The Bertz CT molecular complexity index is 1110. The molecule has 1 aromatic heterocycles. The molecule has 1 unspecified atom stereocenters. The number of aliphatic imine (C=N–C) groups is 1. The van der Waals surface area contributed by atoms with Crippen LogP contribution in [0.4, 0.5) is 17.3 Å². The van der Waals surface area contributed by atoms with E-state index in [9.17, 15) is 9.59 Å². The van der Waals surface area contributed by atoms with Crippen molar-refractivity contribution in [1.82, 2.24) is 14.9 Å². The third-order valence-electron chi connectivity index (χ3n) is 6.44. The molecular weight excluding hydrogens is 436 g/mol. The van der Waals surface area contributed by atoms with E-state index in [1.807, 2.05) is 17.0 Å². The lowest BCUT2D eigenvalue weighted by molar-refractivity contribution is -0.131. The molecule has 1 aromatic carbocycles. The van der Waals surface area contributed by atoms with E-state index in [1.54, 1.807) is 19.4 Å². The number of carbonyl (C=O) groups is 2. The van der Waals surface area contributed by atoms with Crippen LogP contribution in [-0.2, 0) is 9.59 Å². The molecule has 1 atom stereocenters. The van der Waals surface area contributed by atoms with E-state index in [2.05, 4.69) is 25.2 Å². The number of amides is 2. The second kappa shape index (κ2) is 9.66. The van der Waals surface area contributed by atoms with Crippen LogP contribution in [0.5, 0.6) is 11.5 Å². The summed E-state index contributed by atoms with van der Waals surface area (Å²) >= 11 is 0. The Kier molecular flexibility index (Phi) is 6.29. The lowest BCUT2D eigenvalue weighted by Crippen LogP contribution is -2.49. The van der Waals surface area contributed by atoms with Gasteiger partial charge in [0.25, 0.3) is 0 Å². The molecule has 1 saturated heterocycles. The van der Waals surface area contributed by atoms with Crippen LogP contribution < -0.4 is 19.7 Å².